The van der Waals surface area contributed by atoms with Crippen LogP contribution in [0.25, 0.3) is 5.69 Å². The number of benzene rings is 1. The summed E-state index contributed by atoms with van der Waals surface area (Å²) < 4.78 is 2.15. The largest absolute Gasteiger partial charge is 0.368 e. The topological polar surface area (TPSA) is 73.0 Å². The summed E-state index contributed by atoms with van der Waals surface area (Å²) in [5, 5.41) is 8.31. The van der Waals surface area contributed by atoms with Gasteiger partial charge in [-0.25, -0.2) is 4.79 Å². The van der Waals surface area contributed by atoms with Crippen molar-refractivity contribution in [2.24, 2.45) is 0 Å². The second kappa shape index (κ2) is 6.94. The predicted molar refractivity (Wildman–Crippen MR) is 90.7 cm³/mol. The number of piperidine rings is 1. The first-order valence-electron chi connectivity index (χ1n) is 7.75. The van der Waals surface area contributed by atoms with E-state index in [0.717, 1.165) is 35.2 Å². The molecular formula is C15H17Cl2N5O2. The molecule has 1 atom stereocenters. The molecule has 1 fully saturated rings. The molecule has 0 N–H and O–H groups in total. The van der Waals surface area contributed by atoms with Crippen molar-refractivity contribution in [3.63, 3.8) is 0 Å². The number of aromatic nitrogens is 4. The third-order valence-corrected chi connectivity index (χ3v) is 4.93. The van der Waals surface area contributed by atoms with Crippen molar-refractivity contribution in [1.82, 2.24) is 24.7 Å². The number of hydrogen-bond acceptors (Lipinski definition) is 4. The van der Waals surface area contributed by atoms with Crippen LogP contribution in [0.15, 0.2) is 23.0 Å². The summed E-state index contributed by atoms with van der Waals surface area (Å²) in [4.78, 5) is 26.6. The standard InChI is InChI=1S/C15H17Cl2N5O2/c1-10-4-2-3-7-20(10)14(23)9-21-15(24)22(19-18-21)11-5-6-12(16)13(17)8-11/h5-6,8,10H,2-4,7,9H2,1H3. The Morgan fingerprint density at radius 3 is 2.75 bits per heavy atom. The number of amides is 1. The minimum atomic E-state index is -0.494. The summed E-state index contributed by atoms with van der Waals surface area (Å²) >= 11 is 11.8. The highest BCUT2D eigenvalue weighted by Gasteiger charge is 2.24. The lowest BCUT2D eigenvalue weighted by Crippen LogP contribution is -2.44. The number of tetrazole rings is 1. The molecule has 9 heteroatoms. The van der Waals surface area contributed by atoms with Gasteiger partial charge in [0.05, 0.1) is 15.7 Å². The molecule has 1 unspecified atom stereocenters. The van der Waals surface area contributed by atoms with Gasteiger partial charge in [0.25, 0.3) is 0 Å². The van der Waals surface area contributed by atoms with Crippen LogP contribution in [0.5, 0.6) is 0 Å². The van der Waals surface area contributed by atoms with Crippen LogP contribution in [0.3, 0.4) is 0 Å². The minimum Gasteiger partial charge on any atom is -0.338 e. The molecular weight excluding hydrogens is 353 g/mol. The summed E-state index contributed by atoms with van der Waals surface area (Å²) in [5.74, 6) is -0.120. The fraction of sp³-hybridized carbons (Fsp3) is 0.467. The molecule has 0 bridgehead atoms. The molecule has 1 saturated heterocycles. The average Bonchev–Trinajstić information content (AvgIpc) is 2.91. The summed E-state index contributed by atoms with van der Waals surface area (Å²) in [5.41, 5.74) is -0.0501. The van der Waals surface area contributed by atoms with Crippen LogP contribution in [0.4, 0.5) is 0 Å². The SMILES string of the molecule is CC1CCCCN1C(=O)Cn1nnn(-c2ccc(Cl)c(Cl)c2)c1=O. The summed E-state index contributed by atoms with van der Waals surface area (Å²) in [6.07, 6.45) is 3.09. The van der Waals surface area contributed by atoms with Crippen LogP contribution in [0.2, 0.25) is 10.0 Å². The first-order chi connectivity index (χ1) is 11.5. The number of halogens is 2. The van der Waals surface area contributed by atoms with E-state index in [-0.39, 0.29) is 18.5 Å². The van der Waals surface area contributed by atoms with E-state index in [1.807, 2.05) is 6.92 Å². The lowest BCUT2D eigenvalue weighted by Gasteiger charge is -2.33. The number of carbonyl (C=O) groups is 1. The zero-order valence-electron chi connectivity index (χ0n) is 13.2. The molecule has 0 radical (unpaired) electrons. The van der Waals surface area contributed by atoms with Crippen molar-refractivity contribution in [2.75, 3.05) is 6.54 Å². The molecule has 7 nitrogen and oxygen atoms in total. The third kappa shape index (κ3) is 3.32. The number of hydrogen-bond donors (Lipinski definition) is 0. The van der Waals surface area contributed by atoms with Gasteiger partial charge in [0.2, 0.25) is 5.91 Å². The maximum Gasteiger partial charge on any atom is 0.368 e. The molecule has 1 aliphatic heterocycles. The smallest absolute Gasteiger partial charge is 0.338 e. The summed E-state index contributed by atoms with van der Waals surface area (Å²) in [6.45, 7) is 2.62. The number of likely N-dealkylation sites (tertiary alicyclic amines) is 1. The maximum atomic E-state index is 12.4. The van der Waals surface area contributed by atoms with Gasteiger partial charge in [-0.05, 0) is 54.8 Å². The van der Waals surface area contributed by atoms with Crippen molar-refractivity contribution in [1.29, 1.82) is 0 Å². The van der Waals surface area contributed by atoms with E-state index >= 15 is 0 Å². The van der Waals surface area contributed by atoms with Gasteiger partial charge in [-0.15, -0.1) is 0 Å². The van der Waals surface area contributed by atoms with Gasteiger partial charge in [-0.3, -0.25) is 4.79 Å². The quantitative estimate of drug-likeness (QED) is 0.830. The van der Waals surface area contributed by atoms with Crippen LogP contribution < -0.4 is 5.69 Å². The molecule has 0 saturated carbocycles. The second-order valence-corrected chi connectivity index (χ2v) is 6.68. The Hall–Kier alpha value is -1.86. The molecule has 2 aromatic rings. The first kappa shape index (κ1) is 17.0. The van der Waals surface area contributed by atoms with Crippen LogP contribution in [0.1, 0.15) is 26.2 Å². The highest BCUT2D eigenvalue weighted by atomic mass is 35.5. The Balaban J connectivity index is 1.81. The minimum absolute atomic E-state index is 0.120. The zero-order valence-corrected chi connectivity index (χ0v) is 14.7. The number of rotatable bonds is 3. The van der Waals surface area contributed by atoms with Crippen molar-refractivity contribution < 1.29 is 4.79 Å². The van der Waals surface area contributed by atoms with Gasteiger partial charge in [0, 0.05) is 12.6 Å². The Morgan fingerprint density at radius 2 is 2.04 bits per heavy atom. The highest BCUT2D eigenvalue weighted by molar-refractivity contribution is 6.42. The fourth-order valence-electron chi connectivity index (χ4n) is 2.84. The Morgan fingerprint density at radius 1 is 1.25 bits per heavy atom. The molecule has 1 aromatic carbocycles. The molecule has 1 amide bonds. The van der Waals surface area contributed by atoms with Crippen LogP contribution >= 0.6 is 23.2 Å². The van der Waals surface area contributed by atoms with E-state index in [2.05, 4.69) is 10.4 Å². The maximum absolute atomic E-state index is 12.4. The van der Waals surface area contributed by atoms with Gasteiger partial charge in [0.15, 0.2) is 0 Å². The Kier molecular flexibility index (Phi) is 4.91. The third-order valence-electron chi connectivity index (χ3n) is 4.20. The van der Waals surface area contributed by atoms with Crippen molar-refractivity contribution >= 4 is 29.1 Å². The Labute approximate surface area is 148 Å². The fourth-order valence-corrected chi connectivity index (χ4v) is 3.13. The van der Waals surface area contributed by atoms with E-state index in [4.69, 9.17) is 23.2 Å². The van der Waals surface area contributed by atoms with Crippen molar-refractivity contribution in [2.45, 2.75) is 38.8 Å². The summed E-state index contributed by atoms with van der Waals surface area (Å²) in [7, 11) is 0. The van der Waals surface area contributed by atoms with Crippen molar-refractivity contribution in [3.05, 3.63) is 38.7 Å². The van der Waals surface area contributed by atoms with Gasteiger partial charge < -0.3 is 4.90 Å². The normalized spacial score (nSPS) is 18.0. The number of nitrogens with zero attached hydrogens (tertiary/aromatic N) is 5. The van der Waals surface area contributed by atoms with Gasteiger partial charge in [-0.2, -0.15) is 9.36 Å². The van der Waals surface area contributed by atoms with E-state index < -0.39 is 5.69 Å². The first-order valence-corrected chi connectivity index (χ1v) is 8.50. The lowest BCUT2D eigenvalue weighted by molar-refractivity contribution is -0.135. The molecule has 128 valence electrons. The van der Waals surface area contributed by atoms with Crippen LogP contribution in [-0.4, -0.2) is 43.2 Å². The van der Waals surface area contributed by atoms with E-state index in [1.54, 1.807) is 17.0 Å². The van der Waals surface area contributed by atoms with Crippen LogP contribution in [-0.2, 0) is 11.3 Å². The number of carbonyl (C=O) groups excluding carboxylic acids is 1. The Bertz CT molecular complexity index is 816. The summed E-state index contributed by atoms with van der Waals surface area (Å²) in [6, 6.07) is 4.90. The van der Waals surface area contributed by atoms with Crippen LogP contribution in [0, 0.1) is 0 Å². The molecule has 24 heavy (non-hydrogen) atoms. The van der Waals surface area contributed by atoms with Gasteiger partial charge in [0.1, 0.15) is 6.54 Å². The molecule has 1 aromatic heterocycles. The second-order valence-electron chi connectivity index (χ2n) is 5.86. The monoisotopic (exact) mass is 369 g/mol. The van der Waals surface area contributed by atoms with Gasteiger partial charge >= 0.3 is 5.69 Å². The predicted octanol–water partition coefficient (Wildman–Crippen LogP) is 2.14. The van der Waals surface area contributed by atoms with Gasteiger partial charge in [-0.1, -0.05) is 23.2 Å². The van der Waals surface area contributed by atoms with Crippen molar-refractivity contribution in [3.8, 4) is 5.69 Å². The van der Waals surface area contributed by atoms with E-state index in [1.165, 1.54) is 6.07 Å². The molecule has 0 spiro atoms. The highest BCUT2D eigenvalue weighted by Crippen LogP contribution is 2.23. The zero-order chi connectivity index (χ0) is 17.3. The molecule has 1 aliphatic rings. The molecule has 2 heterocycles. The average molecular weight is 370 g/mol. The molecule has 0 aliphatic carbocycles. The van der Waals surface area contributed by atoms with E-state index in [0.29, 0.717) is 15.7 Å². The lowest BCUT2D eigenvalue weighted by atomic mass is 10.0. The van der Waals surface area contributed by atoms with E-state index in [9.17, 15) is 9.59 Å². The molecule has 3 rings (SSSR count).